The van der Waals surface area contributed by atoms with Crippen molar-refractivity contribution in [3.05, 3.63) is 45.0 Å². The highest BCUT2D eigenvalue weighted by Crippen LogP contribution is 2.37. The Morgan fingerprint density at radius 1 is 1.32 bits per heavy atom. The average Bonchev–Trinajstić information content (AvgIpc) is 3.05. The summed E-state index contributed by atoms with van der Waals surface area (Å²) in [6.07, 6.45) is 2.81. The Kier molecular flexibility index (Phi) is 4.80. The van der Waals surface area contributed by atoms with Gasteiger partial charge >= 0.3 is 0 Å². The van der Waals surface area contributed by atoms with Gasteiger partial charge in [0.25, 0.3) is 5.56 Å². The minimum absolute atomic E-state index is 0.136. The van der Waals surface area contributed by atoms with Crippen LogP contribution in [0.1, 0.15) is 18.5 Å². The summed E-state index contributed by atoms with van der Waals surface area (Å²) >= 11 is 3.51. The second kappa shape index (κ2) is 7.27. The van der Waals surface area contributed by atoms with E-state index < -0.39 is 0 Å². The molecule has 146 valence electrons. The topological polar surface area (TPSA) is 100 Å². The largest absolute Gasteiger partial charge is 0.486 e. The van der Waals surface area contributed by atoms with Gasteiger partial charge in [-0.05, 0) is 24.6 Å². The number of amides is 1. The number of hydrogen-bond donors (Lipinski definition) is 1. The molecule has 0 saturated heterocycles. The molecule has 9 nitrogen and oxygen atoms in total. The molecule has 2 aromatic heterocycles. The molecule has 1 unspecified atom stereocenters. The first-order valence-electron chi connectivity index (χ1n) is 8.69. The number of carbonyl (C=O) groups is 1. The molecule has 1 aliphatic rings. The fraction of sp³-hybridized carbons (Fsp3) is 0.333. The van der Waals surface area contributed by atoms with Crippen LogP contribution >= 0.6 is 15.9 Å². The van der Waals surface area contributed by atoms with Crippen molar-refractivity contribution in [2.24, 2.45) is 7.05 Å². The van der Waals surface area contributed by atoms with E-state index in [4.69, 9.17) is 9.47 Å². The Morgan fingerprint density at radius 3 is 2.79 bits per heavy atom. The number of hydrogen-bond acceptors (Lipinski definition) is 6. The predicted octanol–water partition coefficient (Wildman–Crippen LogP) is 1.54. The zero-order chi connectivity index (χ0) is 19.8. The second-order valence-electron chi connectivity index (χ2n) is 6.49. The van der Waals surface area contributed by atoms with Crippen LogP contribution in [0.4, 0.5) is 0 Å². The van der Waals surface area contributed by atoms with Crippen LogP contribution in [0.15, 0.2) is 33.9 Å². The molecule has 0 fully saturated rings. The van der Waals surface area contributed by atoms with Crippen LogP contribution in [0.3, 0.4) is 0 Å². The molecule has 4 rings (SSSR count). The molecule has 28 heavy (non-hydrogen) atoms. The third kappa shape index (κ3) is 3.35. The van der Waals surface area contributed by atoms with E-state index in [0.717, 1.165) is 10.0 Å². The zero-order valence-corrected chi connectivity index (χ0v) is 16.9. The summed E-state index contributed by atoms with van der Waals surface area (Å²) < 4.78 is 14.8. The van der Waals surface area contributed by atoms with E-state index in [1.807, 2.05) is 19.1 Å². The molecule has 0 spiro atoms. The number of nitrogens with one attached hydrogen (secondary N) is 1. The van der Waals surface area contributed by atoms with Crippen LogP contribution < -0.4 is 20.3 Å². The van der Waals surface area contributed by atoms with Gasteiger partial charge in [-0.15, -0.1) is 0 Å². The number of benzene rings is 1. The molecule has 0 aliphatic carbocycles. The number of halogens is 1. The van der Waals surface area contributed by atoms with Gasteiger partial charge in [-0.2, -0.15) is 5.10 Å². The molecule has 10 heteroatoms. The van der Waals surface area contributed by atoms with Gasteiger partial charge in [0.15, 0.2) is 17.1 Å². The highest BCUT2D eigenvalue weighted by Gasteiger charge is 2.20. The van der Waals surface area contributed by atoms with Crippen LogP contribution in [-0.4, -0.2) is 38.5 Å². The average molecular weight is 448 g/mol. The highest BCUT2D eigenvalue weighted by molar-refractivity contribution is 9.10. The van der Waals surface area contributed by atoms with Gasteiger partial charge in [0.1, 0.15) is 31.5 Å². The van der Waals surface area contributed by atoms with E-state index in [-0.39, 0.29) is 24.1 Å². The predicted molar refractivity (Wildman–Crippen MR) is 104 cm³/mol. The molecule has 1 amide bonds. The standard InChI is InChI=1S/C18H18BrN5O4/c1-10(11-5-14-15(6-13(11)19)28-4-3-27-14)22-16(25)8-24-9-20-17-12(18(24)26)7-21-23(17)2/h5-7,9-10H,3-4,8H2,1-2H3,(H,22,25). The molecular formula is C18H18BrN5O4. The first-order valence-corrected chi connectivity index (χ1v) is 9.49. The SMILES string of the molecule is CC(NC(=O)Cn1cnc2c(cnn2C)c1=O)c1cc2c(cc1Br)OCCO2. The van der Waals surface area contributed by atoms with Gasteiger partial charge in [-0.3, -0.25) is 18.8 Å². The zero-order valence-electron chi connectivity index (χ0n) is 15.3. The van der Waals surface area contributed by atoms with Crippen LogP contribution in [-0.2, 0) is 18.4 Å². The number of ether oxygens (including phenoxy) is 2. The maximum atomic E-state index is 12.5. The summed E-state index contributed by atoms with van der Waals surface area (Å²) in [6, 6.07) is 3.37. The lowest BCUT2D eigenvalue weighted by molar-refractivity contribution is -0.122. The first kappa shape index (κ1) is 18.5. The van der Waals surface area contributed by atoms with E-state index >= 15 is 0 Å². The summed E-state index contributed by atoms with van der Waals surface area (Å²) in [7, 11) is 1.71. The summed E-state index contributed by atoms with van der Waals surface area (Å²) in [5.41, 5.74) is 1.03. The highest BCUT2D eigenvalue weighted by atomic mass is 79.9. The van der Waals surface area contributed by atoms with Crippen molar-refractivity contribution in [1.29, 1.82) is 0 Å². The minimum Gasteiger partial charge on any atom is -0.486 e. The molecule has 0 saturated carbocycles. The summed E-state index contributed by atoms with van der Waals surface area (Å²) in [4.78, 5) is 29.2. The fourth-order valence-corrected chi connectivity index (χ4v) is 3.78. The summed E-state index contributed by atoms with van der Waals surface area (Å²) in [5, 5.41) is 7.30. The molecule has 1 N–H and O–H groups in total. The van der Waals surface area contributed by atoms with Gasteiger partial charge in [0.05, 0.1) is 12.2 Å². The molecule has 1 aliphatic heterocycles. The molecule has 0 radical (unpaired) electrons. The van der Waals surface area contributed by atoms with Gasteiger partial charge in [0, 0.05) is 11.5 Å². The number of rotatable bonds is 4. The third-order valence-electron chi connectivity index (χ3n) is 4.54. The summed E-state index contributed by atoms with van der Waals surface area (Å²) in [6.45, 7) is 2.72. The minimum atomic E-state index is -0.304. The lowest BCUT2D eigenvalue weighted by Crippen LogP contribution is -2.34. The second-order valence-corrected chi connectivity index (χ2v) is 7.34. The normalized spacial score (nSPS) is 14.1. The van der Waals surface area contributed by atoms with E-state index in [9.17, 15) is 9.59 Å². The Morgan fingerprint density at radius 2 is 2.04 bits per heavy atom. The van der Waals surface area contributed by atoms with Crippen LogP contribution in [0.25, 0.3) is 11.0 Å². The van der Waals surface area contributed by atoms with E-state index in [1.54, 1.807) is 7.05 Å². The maximum absolute atomic E-state index is 12.5. The van der Waals surface area contributed by atoms with Gasteiger partial charge in [-0.1, -0.05) is 15.9 Å². The molecule has 0 bridgehead atoms. The van der Waals surface area contributed by atoms with Crippen LogP contribution in [0.2, 0.25) is 0 Å². The molecule has 3 aromatic rings. The number of carbonyl (C=O) groups excluding carboxylic acids is 1. The van der Waals surface area contributed by atoms with Crippen LogP contribution in [0.5, 0.6) is 11.5 Å². The molecule has 1 aromatic carbocycles. The van der Waals surface area contributed by atoms with E-state index in [2.05, 4.69) is 31.3 Å². The van der Waals surface area contributed by atoms with Gasteiger partial charge in [-0.25, -0.2) is 4.98 Å². The Labute approximate surface area is 168 Å². The van der Waals surface area contributed by atoms with E-state index in [1.165, 1.54) is 21.8 Å². The third-order valence-corrected chi connectivity index (χ3v) is 5.22. The monoisotopic (exact) mass is 447 g/mol. The Bertz CT molecular complexity index is 1120. The Hall–Kier alpha value is -2.88. The fourth-order valence-electron chi connectivity index (χ4n) is 3.11. The number of aryl methyl sites for hydroxylation is 1. The lowest BCUT2D eigenvalue weighted by Gasteiger charge is -2.22. The van der Waals surface area contributed by atoms with Crippen molar-refractivity contribution < 1.29 is 14.3 Å². The van der Waals surface area contributed by atoms with Gasteiger partial charge in [0.2, 0.25) is 5.91 Å². The lowest BCUT2D eigenvalue weighted by atomic mass is 10.1. The molecule has 1 atom stereocenters. The number of nitrogens with zero attached hydrogens (tertiary/aromatic N) is 4. The maximum Gasteiger partial charge on any atom is 0.264 e. The van der Waals surface area contributed by atoms with Crippen LogP contribution in [0, 0.1) is 0 Å². The van der Waals surface area contributed by atoms with Crippen molar-refractivity contribution in [3.63, 3.8) is 0 Å². The van der Waals surface area contributed by atoms with Crippen molar-refractivity contribution in [2.75, 3.05) is 13.2 Å². The van der Waals surface area contributed by atoms with Crippen molar-refractivity contribution >= 4 is 32.9 Å². The van der Waals surface area contributed by atoms with Gasteiger partial charge < -0.3 is 14.8 Å². The molecular weight excluding hydrogens is 430 g/mol. The van der Waals surface area contributed by atoms with Crippen molar-refractivity contribution in [1.82, 2.24) is 24.6 Å². The quantitative estimate of drug-likeness (QED) is 0.650. The van der Waals surface area contributed by atoms with E-state index in [0.29, 0.717) is 35.7 Å². The first-order chi connectivity index (χ1) is 13.4. The van der Waals surface area contributed by atoms with Crippen molar-refractivity contribution in [2.45, 2.75) is 19.5 Å². The summed E-state index contributed by atoms with van der Waals surface area (Å²) in [5.74, 6) is 1.01. The number of fused-ring (bicyclic) bond motifs is 2. The Balaban J connectivity index is 1.51. The van der Waals surface area contributed by atoms with Crippen molar-refractivity contribution in [3.8, 4) is 11.5 Å². The smallest absolute Gasteiger partial charge is 0.264 e. The number of aromatic nitrogens is 4. The molecule has 3 heterocycles.